The number of ketones is 3. The molecule has 0 fully saturated rings. The minimum Gasteiger partial charge on any atom is -0.508 e. The Kier molecular flexibility index (Phi) is 49.8. The van der Waals surface area contributed by atoms with Crippen molar-refractivity contribution in [2.45, 2.75) is 225 Å². The molecule has 0 heterocycles. The van der Waals surface area contributed by atoms with E-state index in [9.17, 15) is 58.2 Å². The number of phenolic OH excluding ortho intramolecular Hbond substituents is 1. The summed E-state index contributed by atoms with van der Waals surface area (Å²) in [6, 6.07) is 3.41. The summed E-state index contributed by atoms with van der Waals surface area (Å²) in [6.07, 6.45) is 19.5. The number of aliphatic carboxylic acids is 2. The van der Waals surface area contributed by atoms with Crippen LogP contribution in [0, 0.1) is 11.8 Å². The van der Waals surface area contributed by atoms with Gasteiger partial charge in [-0.25, -0.2) is 4.79 Å². The van der Waals surface area contributed by atoms with Crippen molar-refractivity contribution in [3.05, 3.63) is 29.8 Å². The maximum absolute atomic E-state index is 13.8. The molecule has 1 rings (SSSR count). The topological polar surface area (TPSA) is 419 Å². The second-order valence-corrected chi connectivity index (χ2v) is 24.0. The van der Waals surface area contributed by atoms with Gasteiger partial charge >= 0.3 is 11.9 Å². The van der Waals surface area contributed by atoms with Crippen molar-refractivity contribution >= 4 is 64.8 Å². The summed E-state index contributed by atoms with van der Waals surface area (Å²) in [6.45, 7) is 5.69. The molecule has 26 nitrogen and oxygen atoms in total. The summed E-state index contributed by atoms with van der Waals surface area (Å²) in [5, 5.41) is 41.8. The van der Waals surface area contributed by atoms with Crippen LogP contribution in [-0.2, 0) is 73.3 Å². The number of unbranched alkanes of at least 4 members (excludes halogenated alkanes) is 14. The third kappa shape index (κ3) is 50.0. The maximum Gasteiger partial charge on any atom is 0.326 e. The van der Waals surface area contributed by atoms with Crippen LogP contribution in [0.4, 0.5) is 0 Å². The molecule has 0 spiro atoms. The predicted molar refractivity (Wildman–Crippen MR) is 349 cm³/mol. The Balaban J connectivity index is 2.24. The van der Waals surface area contributed by atoms with Crippen molar-refractivity contribution in [1.82, 2.24) is 26.6 Å². The third-order valence-corrected chi connectivity index (χ3v) is 15.1. The molecule has 0 saturated heterocycles. The number of carboxylic acids is 2. The minimum atomic E-state index is -1.20. The van der Waals surface area contributed by atoms with Crippen molar-refractivity contribution in [2.75, 3.05) is 79.0 Å². The van der Waals surface area contributed by atoms with Gasteiger partial charge in [0.1, 0.15) is 42.6 Å². The van der Waals surface area contributed by atoms with Gasteiger partial charge in [-0.1, -0.05) is 103 Å². The van der Waals surface area contributed by atoms with Gasteiger partial charge in [-0.3, -0.25) is 48.1 Å². The zero-order valence-electron chi connectivity index (χ0n) is 55.1. The van der Waals surface area contributed by atoms with Gasteiger partial charge in [-0.2, -0.15) is 0 Å². The molecule has 0 aromatic heterocycles. The lowest BCUT2D eigenvalue weighted by Crippen LogP contribution is -2.46. The molecule has 1 aromatic carbocycles. The minimum absolute atomic E-state index is 0.00885. The zero-order valence-corrected chi connectivity index (χ0v) is 55.1. The molecule has 92 heavy (non-hydrogen) atoms. The van der Waals surface area contributed by atoms with E-state index in [2.05, 4.69) is 31.6 Å². The first-order chi connectivity index (χ1) is 44.1. The number of carbonyl (C=O) groups excluding carboxylic acids is 8. The molecule has 26 heteroatoms. The first-order valence-corrected chi connectivity index (χ1v) is 33.4. The fourth-order valence-electron chi connectivity index (χ4n) is 10.0. The van der Waals surface area contributed by atoms with Gasteiger partial charge in [0.2, 0.25) is 29.5 Å². The van der Waals surface area contributed by atoms with E-state index in [-0.39, 0.29) is 169 Å². The van der Waals surface area contributed by atoms with Crippen LogP contribution in [0.2, 0.25) is 0 Å². The molecule has 0 aliphatic carbocycles. The summed E-state index contributed by atoms with van der Waals surface area (Å²) in [5.74, 6) is -4.48. The van der Waals surface area contributed by atoms with Crippen molar-refractivity contribution in [3.63, 3.8) is 0 Å². The van der Waals surface area contributed by atoms with E-state index in [0.717, 1.165) is 51.4 Å². The molecule has 524 valence electrons. The molecule has 4 atom stereocenters. The number of carbonyl (C=O) groups is 10. The number of nitrogens with zero attached hydrogens (tertiary/aromatic N) is 1. The maximum atomic E-state index is 13.8. The van der Waals surface area contributed by atoms with E-state index >= 15 is 0 Å². The average Bonchev–Trinajstić information content (AvgIpc) is 3.61. The lowest BCUT2D eigenvalue weighted by atomic mass is 9.90. The van der Waals surface area contributed by atoms with E-state index < -0.39 is 41.9 Å². The number of nitrogens with one attached hydrogen (secondary N) is 5. The van der Waals surface area contributed by atoms with Gasteiger partial charge in [0.15, 0.2) is 11.7 Å². The molecular formula is C66H113N9O17. The smallest absolute Gasteiger partial charge is 0.326 e. The van der Waals surface area contributed by atoms with E-state index in [1.165, 1.54) is 44.2 Å². The number of hydrogen-bond acceptors (Lipinski definition) is 17. The second kappa shape index (κ2) is 54.9. The summed E-state index contributed by atoms with van der Waals surface area (Å²) < 4.78 is 21.8. The first kappa shape index (κ1) is 83.4. The molecule has 0 radical (unpaired) electrons. The molecule has 5 amide bonds. The number of rotatable bonds is 63. The number of carboxylic acid groups (broad SMARTS) is 2. The number of phenols is 1. The van der Waals surface area contributed by atoms with Crippen molar-refractivity contribution in [3.8, 4) is 5.75 Å². The quantitative estimate of drug-likeness (QED) is 0.0221. The highest BCUT2D eigenvalue weighted by Crippen LogP contribution is 2.21. The van der Waals surface area contributed by atoms with Crippen LogP contribution < -0.4 is 43.8 Å². The summed E-state index contributed by atoms with van der Waals surface area (Å²) in [5.41, 5.74) is 17.3. The molecule has 14 N–H and O–H groups in total. The number of benzene rings is 1. The number of ether oxygens (including phenoxy) is 4. The van der Waals surface area contributed by atoms with Gasteiger partial charge in [0, 0.05) is 77.6 Å². The molecule has 0 aliphatic rings. The van der Waals surface area contributed by atoms with Crippen LogP contribution in [0.25, 0.3) is 0 Å². The van der Waals surface area contributed by atoms with Crippen LogP contribution in [0.5, 0.6) is 5.75 Å². The second-order valence-electron chi connectivity index (χ2n) is 24.0. The lowest BCUT2D eigenvalue weighted by Gasteiger charge is -2.21. The number of primary amides is 1. The van der Waals surface area contributed by atoms with Gasteiger partial charge in [-0.05, 0) is 93.7 Å². The standard InChI is InChI=1S/C66H113N9O17/c1-49(2)43-54(78)46-73-55(58(79)32-28-50(21-19-35-72-66(68)69)45-61(82)75-57(64(67)86)44-51-26-29-52(76)30-27-51)23-17-18-34-70-62(83)48-92-42-39-89-37-20-22-53(77)47-91-41-40-90-38-36-71-59(80)33-31-56(65(87)88)74-60(81)24-15-13-11-9-7-5-3-4-6-8-10-12-14-16-25-63(84)85/h26-27,29-30,49-50,55-57,73,76H,3-25,28,31-48H2,1-2H3,(H2,67,86)(H,70,83)(H,71,80)(H,74,81)(H,75,82)(H,84,85)(H,87,88)(H4,68,69,72)/t50-,55+,56+,57+/m1/s1. The number of amides is 5. The Morgan fingerprint density at radius 2 is 1.07 bits per heavy atom. The number of hydrogen-bond donors (Lipinski definition) is 11. The first-order valence-electron chi connectivity index (χ1n) is 33.4. The molecular weight excluding hydrogens is 1190 g/mol. The Morgan fingerprint density at radius 3 is 1.66 bits per heavy atom. The van der Waals surface area contributed by atoms with Crippen molar-refractivity contribution < 1.29 is 82.2 Å². The Morgan fingerprint density at radius 1 is 0.489 bits per heavy atom. The van der Waals surface area contributed by atoms with Crippen molar-refractivity contribution in [1.29, 1.82) is 0 Å². The highest BCUT2D eigenvalue weighted by atomic mass is 16.5. The van der Waals surface area contributed by atoms with Gasteiger partial charge in [0.25, 0.3) is 0 Å². The summed E-state index contributed by atoms with van der Waals surface area (Å²) in [7, 11) is 0. The van der Waals surface area contributed by atoms with Gasteiger partial charge < -0.3 is 78.1 Å². The van der Waals surface area contributed by atoms with E-state index in [4.69, 9.17) is 41.3 Å². The monoisotopic (exact) mass is 1300 g/mol. The number of Topliss-reactive ketones (excluding diaryl/α,β-unsaturated/α-hetero) is 3. The zero-order chi connectivity index (χ0) is 68.0. The van der Waals surface area contributed by atoms with Crippen LogP contribution in [-0.4, -0.2) is 177 Å². The highest BCUT2D eigenvalue weighted by molar-refractivity contribution is 5.88. The fraction of sp³-hybridized carbons (Fsp3) is 0.742. The van der Waals surface area contributed by atoms with Gasteiger partial charge in [0.05, 0.1) is 45.6 Å². The average molecular weight is 1300 g/mol. The summed E-state index contributed by atoms with van der Waals surface area (Å²) in [4.78, 5) is 128. The van der Waals surface area contributed by atoms with Crippen molar-refractivity contribution in [2.24, 2.45) is 34.0 Å². The SMILES string of the molecule is CC(C)CC(=O)CN[C@@H](CCCCNC(=O)COCCOCCCC(=O)COCCOCCNC(=O)CC[C@H](NC(=O)CCCCCCCCCCCCCCCCC(=O)O)C(=O)O)C(=O)CC[C@@H](CCCN=C(N)N)CC(=O)N[C@@H](Cc1ccc(O)cc1)C(N)=O. The number of aliphatic imine (C=N–C) groups is 1. The van der Waals surface area contributed by atoms with Crippen LogP contribution in [0.15, 0.2) is 29.3 Å². The molecule has 0 unspecified atom stereocenters. The molecule has 0 bridgehead atoms. The van der Waals surface area contributed by atoms with Crippen LogP contribution >= 0.6 is 0 Å². The fourth-order valence-corrected chi connectivity index (χ4v) is 10.0. The summed E-state index contributed by atoms with van der Waals surface area (Å²) >= 11 is 0. The largest absolute Gasteiger partial charge is 0.508 e. The number of guanidine groups is 1. The Labute approximate surface area is 544 Å². The third-order valence-electron chi connectivity index (χ3n) is 15.1. The normalized spacial score (nSPS) is 12.5. The number of nitrogens with two attached hydrogens (primary N) is 3. The molecule has 1 aromatic rings. The number of aromatic hydroxyl groups is 1. The van der Waals surface area contributed by atoms with E-state index in [0.29, 0.717) is 83.0 Å². The Bertz CT molecular complexity index is 2290. The van der Waals surface area contributed by atoms with E-state index in [1.807, 2.05) is 13.8 Å². The van der Waals surface area contributed by atoms with E-state index in [1.54, 1.807) is 12.1 Å². The Hall–Kier alpha value is -6.61. The molecule has 0 saturated carbocycles. The van der Waals surface area contributed by atoms with Crippen LogP contribution in [0.3, 0.4) is 0 Å². The lowest BCUT2D eigenvalue weighted by molar-refractivity contribution is -0.142. The molecule has 0 aliphatic heterocycles. The van der Waals surface area contributed by atoms with Crippen LogP contribution in [0.1, 0.15) is 206 Å². The predicted octanol–water partition coefficient (Wildman–Crippen LogP) is 5.38. The van der Waals surface area contributed by atoms with Gasteiger partial charge in [-0.15, -0.1) is 0 Å². The highest BCUT2D eigenvalue weighted by Gasteiger charge is 2.25.